The van der Waals surface area contributed by atoms with Crippen LogP contribution in [-0.2, 0) is 13.0 Å². The number of rotatable bonds is 6. The summed E-state index contributed by atoms with van der Waals surface area (Å²) in [6.45, 7) is 5.07. The number of benzene rings is 1. The molecule has 3 N–H and O–H groups in total. The van der Waals surface area contributed by atoms with Crippen LogP contribution < -0.4 is 11.3 Å². The minimum absolute atomic E-state index is 0.0169. The Labute approximate surface area is 113 Å². The van der Waals surface area contributed by atoms with Gasteiger partial charge in [0.15, 0.2) is 0 Å². The summed E-state index contributed by atoms with van der Waals surface area (Å²) in [7, 11) is 0. The zero-order valence-electron chi connectivity index (χ0n) is 11.5. The molecule has 1 unspecified atom stereocenters. The van der Waals surface area contributed by atoms with Crippen molar-refractivity contribution in [2.75, 3.05) is 0 Å². The second-order valence-electron chi connectivity index (χ2n) is 4.75. The topological polar surface area (TPSA) is 68.8 Å². The lowest BCUT2D eigenvalue weighted by molar-refractivity contribution is 0.467. The van der Waals surface area contributed by atoms with Crippen LogP contribution in [0.5, 0.6) is 0 Å². The van der Waals surface area contributed by atoms with E-state index >= 15 is 0 Å². The first kappa shape index (κ1) is 13.7. The van der Waals surface area contributed by atoms with Gasteiger partial charge < -0.3 is 0 Å². The molecule has 5 nitrogen and oxygen atoms in total. The van der Waals surface area contributed by atoms with Crippen LogP contribution >= 0.6 is 0 Å². The average molecular weight is 259 g/mol. The third-order valence-electron chi connectivity index (χ3n) is 3.15. The standard InChI is InChI=1S/C14H21N5/c1-3-8-19-14(16-10-17-19)13(18-15)9-12-6-4-11(2)5-7-12/h4-7,10,13,18H,3,8-9,15H2,1-2H3. The first-order valence-corrected chi connectivity index (χ1v) is 6.64. The number of nitrogens with zero attached hydrogens (tertiary/aromatic N) is 3. The van der Waals surface area contributed by atoms with Crippen molar-refractivity contribution in [1.82, 2.24) is 20.2 Å². The van der Waals surface area contributed by atoms with Crippen molar-refractivity contribution in [3.8, 4) is 0 Å². The summed E-state index contributed by atoms with van der Waals surface area (Å²) in [5, 5.41) is 4.24. The highest BCUT2D eigenvalue weighted by atomic mass is 15.4. The summed E-state index contributed by atoms with van der Waals surface area (Å²) in [6, 6.07) is 8.46. The molecule has 2 aromatic rings. The van der Waals surface area contributed by atoms with E-state index in [4.69, 9.17) is 5.84 Å². The van der Waals surface area contributed by atoms with Crippen LogP contribution in [0.3, 0.4) is 0 Å². The predicted molar refractivity (Wildman–Crippen MR) is 75.3 cm³/mol. The van der Waals surface area contributed by atoms with Crippen LogP contribution in [0.15, 0.2) is 30.6 Å². The van der Waals surface area contributed by atoms with Gasteiger partial charge in [0.25, 0.3) is 0 Å². The summed E-state index contributed by atoms with van der Waals surface area (Å²) in [6.07, 6.45) is 3.42. The van der Waals surface area contributed by atoms with Crippen molar-refractivity contribution < 1.29 is 0 Å². The lowest BCUT2D eigenvalue weighted by Gasteiger charge is -2.16. The van der Waals surface area contributed by atoms with E-state index in [0.717, 1.165) is 25.2 Å². The summed E-state index contributed by atoms with van der Waals surface area (Å²) in [4.78, 5) is 4.33. The van der Waals surface area contributed by atoms with E-state index < -0.39 is 0 Å². The van der Waals surface area contributed by atoms with E-state index in [2.05, 4.69) is 53.6 Å². The van der Waals surface area contributed by atoms with Gasteiger partial charge in [-0.1, -0.05) is 36.8 Å². The van der Waals surface area contributed by atoms with Crippen molar-refractivity contribution in [2.24, 2.45) is 5.84 Å². The van der Waals surface area contributed by atoms with Gasteiger partial charge in [0.05, 0.1) is 6.04 Å². The van der Waals surface area contributed by atoms with Crippen LogP contribution in [0, 0.1) is 6.92 Å². The molecule has 0 aliphatic heterocycles. The van der Waals surface area contributed by atoms with Gasteiger partial charge in [0.1, 0.15) is 12.2 Å². The first-order chi connectivity index (χ1) is 9.24. The van der Waals surface area contributed by atoms with Crippen LogP contribution in [-0.4, -0.2) is 14.8 Å². The quantitative estimate of drug-likeness (QED) is 0.612. The lowest BCUT2D eigenvalue weighted by Crippen LogP contribution is -2.32. The van der Waals surface area contributed by atoms with E-state index in [9.17, 15) is 0 Å². The number of hydrazine groups is 1. The Morgan fingerprint density at radius 2 is 2.05 bits per heavy atom. The highest BCUT2D eigenvalue weighted by Gasteiger charge is 2.16. The van der Waals surface area contributed by atoms with Crippen molar-refractivity contribution in [3.05, 3.63) is 47.5 Å². The smallest absolute Gasteiger partial charge is 0.145 e. The van der Waals surface area contributed by atoms with E-state index in [1.807, 2.05) is 4.68 Å². The van der Waals surface area contributed by atoms with Gasteiger partial charge in [0, 0.05) is 6.54 Å². The van der Waals surface area contributed by atoms with E-state index in [1.54, 1.807) is 6.33 Å². The Morgan fingerprint density at radius 3 is 2.68 bits per heavy atom. The largest absolute Gasteiger partial charge is 0.271 e. The van der Waals surface area contributed by atoms with Crippen LogP contribution in [0.1, 0.15) is 36.3 Å². The van der Waals surface area contributed by atoms with Gasteiger partial charge in [-0.25, -0.2) is 15.1 Å². The highest BCUT2D eigenvalue weighted by Crippen LogP contribution is 2.16. The zero-order valence-corrected chi connectivity index (χ0v) is 11.5. The number of hydrogen-bond acceptors (Lipinski definition) is 4. The molecule has 0 saturated carbocycles. The van der Waals surface area contributed by atoms with Gasteiger partial charge in [-0.3, -0.25) is 5.84 Å². The molecule has 1 heterocycles. The molecule has 0 fully saturated rings. The maximum atomic E-state index is 5.68. The van der Waals surface area contributed by atoms with E-state index in [-0.39, 0.29) is 6.04 Å². The van der Waals surface area contributed by atoms with Gasteiger partial charge in [-0.2, -0.15) is 5.10 Å². The molecule has 19 heavy (non-hydrogen) atoms. The molecule has 1 atom stereocenters. The van der Waals surface area contributed by atoms with Crippen LogP contribution in [0.4, 0.5) is 0 Å². The number of aromatic nitrogens is 3. The zero-order chi connectivity index (χ0) is 13.7. The Kier molecular flexibility index (Phi) is 4.65. The number of nitrogens with one attached hydrogen (secondary N) is 1. The lowest BCUT2D eigenvalue weighted by atomic mass is 10.0. The Hall–Kier alpha value is -1.72. The number of hydrogen-bond donors (Lipinski definition) is 2. The number of nitrogens with two attached hydrogens (primary N) is 1. The predicted octanol–water partition coefficient (Wildman–Crippen LogP) is 1.74. The van der Waals surface area contributed by atoms with Gasteiger partial charge >= 0.3 is 0 Å². The SMILES string of the molecule is CCCn1ncnc1C(Cc1ccc(C)cc1)NN. The maximum Gasteiger partial charge on any atom is 0.145 e. The molecule has 0 amide bonds. The van der Waals surface area contributed by atoms with Crippen LogP contribution in [0.25, 0.3) is 0 Å². The molecule has 1 aromatic carbocycles. The molecule has 1 aromatic heterocycles. The second-order valence-corrected chi connectivity index (χ2v) is 4.75. The molecule has 0 radical (unpaired) electrons. The van der Waals surface area contributed by atoms with Gasteiger partial charge in [0.2, 0.25) is 0 Å². The highest BCUT2D eigenvalue weighted by molar-refractivity contribution is 5.22. The Balaban J connectivity index is 2.15. The summed E-state index contributed by atoms with van der Waals surface area (Å²) >= 11 is 0. The fraction of sp³-hybridized carbons (Fsp3) is 0.429. The third kappa shape index (κ3) is 3.39. The monoisotopic (exact) mass is 259 g/mol. The second kappa shape index (κ2) is 6.45. The molecular weight excluding hydrogens is 238 g/mol. The molecule has 0 bridgehead atoms. The molecule has 0 spiro atoms. The minimum atomic E-state index is -0.0169. The normalized spacial score (nSPS) is 12.6. The maximum absolute atomic E-state index is 5.68. The van der Waals surface area contributed by atoms with Gasteiger partial charge in [-0.15, -0.1) is 0 Å². The van der Waals surface area contributed by atoms with E-state index in [1.165, 1.54) is 11.1 Å². The fourth-order valence-corrected chi connectivity index (χ4v) is 2.11. The first-order valence-electron chi connectivity index (χ1n) is 6.64. The summed E-state index contributed by atoms with van der Waals surface area (Å²) in [5.74, 6) is 6.57. The Bertz CT molecular complexity index is 503. The Morgan fingerprint density at radius 1 is 1.32 bits per heavy atom. The van der Waals surface area contributed by atoms with Crippen LogP contribution in [0.2, 0.25) is 0 Å². The summed E-state index contributed by atoms with van der Waals surface area (Å²) < 4.78 is 1.92. The molecule has 5 heteroatoms. The van der Waals surface area contributed by atoms with Gasteiger partial charge in [-0.05, 0) is 25.3 Å². The molecule has 0 aliphatic rings. The molecule has 0 saturated heterocycles. The molecule has 0 aliphatic carbocycles. The van der Waals surface area contributed by atoms with Crippen molar-refractivity contribution >= 4 is 0 Å². The molecular formula is C14H21N5. The van der Waals surface area contributed by atoms with E-state index in [0.29, 0.717) is 0 Å². The van der Waals surface area contributed by atoms with Crippen molar-refractivity contribution in [3.63, 3.8) is 0 Å². The fourth-order valence-electron chi connectivity index (χ4n) is 2.11. The van der Waals surface area contributed by atoms with Crippen molar-refractivity contribution in [2.45, 2.75) is 39.3 Å². The molecule has 102 valence electrons. The minimum Gasteiger partial charge on any atom is -0.271 e. The van der Waals surface area contributed by atoms with Crippen molar-refractivity contribution in [1.29, 1.82) is 0 Å². The summed E-state index contributed by atoms with van der Waals surface area (Å²) in [5.41, 5.74) is 5.34. The third-order valence-corrected chi connectivity index (χ3v) is 3.15. The average Bonchev–Trinajstić information content (AvgIpc) is 2.87. The number of aryl methyl sites for hydroxylation is 2. The molecule has 2 rings (SSSR count).